The van der Waals surface area contributed by atoms with Crippen LogP contribution in [0.2, 0.25) is 0 Å². The van der Waals surface area contributed by atoms with Crippen molar-refractivity contribution < 1.29 is 47.6 Å². The first-order valence-electron chi connectivity index (χ1n) is 14.8. The fourth-order valence-electron chi connectivity index (χ4n) is 5.67. The number of fused-ring (bicyclic) bond motifs is 1. The molecule has 2 aliphatic rings. The van der Waals surface area contributed by atoms with Gasteiger partial charge in [-0.15, -0.1) is 0 Å². The van der Waals surface area contributed by atoms with Crippen LogP contribution in [0.5, 0.6) is 5.75 Å². The maximum absolute atomic E-state index is 14.7. The molecule has 1 aliphatic heterocycles. The van der Waals surface area contributed by atoms with Gasteiger partial charge in [-0.2, -0.15) is 10.2 Å². The van der Waals surface area contributed by atoms with Gasteiger partial charge >= 0.3 is 13.7 Å². The number of benzene rings is 1. The molecule has 2 fully saturated rings. The number of aliphatic carboxylic acids is 1. The Morgan fingerprint density at radius 1 is 1.18 bits per heavy atom. The number of anilines is 1. The number of rotatable bonds is 13. The number of amides is 1. The first-order chi connectivity index (χ1) is 21.5. The Morgan fingerprint density at radius 2 is 1.91 bits per heavy atom. The van der Waals surface area contributed by atoms with Gasteiger partial charge in [0, 0.05) is 6.42 Å². The molecule has 0 radical (unpaired) electrons. The Hall–Kier alpha value is -3.46. The summed E-state index contributed by atoms with van der Waals surface area (Å²) in [5.41, 5.74) is -1.61. The van der Waals surface area contributed by atoms with Crippen molar-refractivity contribution in [2.75, 3.05) is 18.6 Å². The lowest BCUT2D eigenvalue weighted by Crippen LogP contribution is -2.49. The van der Waals surface area contributed by atoms with E-state index in [2.05, 4.69) is 20.5 Å². The van der Waals surface area contributed by atoms with Crippen LogP contribution in [0.4, 0.5) is 10.2 Å². The molecular weight excluding hydrogens is 612 g/mol. The fraction of sp³-hybridized carbons (Fsp3) is 0.517. The highest BCUT2D eigenvalue weighted by Gasteiger charge is 2.57. The predicted octanol–water partition coefficient (Wildman–Crippen LogP) is 3.41. The lowest BCUT2D eigenvalue weighted by atomic mass is 9.87. The summed E-state index contributed by atoms with van der Waals surface area (Å²) in [5, 5.41) is 40.7. The average Bonchev–Trinajstić information content (AvgIpc) is 3.56. The minimum absolute atomic E-state index is 0.0759. The number of aromatic nitrogens is 3. The first-order valence-corrected chi connectivity index (χ1v) is 16.3. The average molecular weight is 650 g/mol. The smallest absolute Gasteiger partial charge is 0.459 e. The van der Waals surface area contributed by atoms with Crippen LogP contribution < -0.4 is 14.9 Å². The summed E-state index contributed by atoms with van der Waals surface area (Å²) in [7, 11) is -4.49. The third kappa shape index (κ3) is 7.35. The fourth-order valence-corrected chi connectivity index (χ4v) is 7.22. The Bertz CT molecular complexity index is 1540. The highest BCUT2D eigenvalue weighted by Crippen LogP contribution is 2.48. The number of carbonyl (C=O) groups excluding carboxylic acids is 1. The van der Waals surface area contributed by atoms with E-state index in [4.69, 9.17) is 13.8 Å². The maximum Gasteiger partial charge on any atom is 0.459 e. The van der Waals surface area contributed by atoms with E-state index in [0.29, 0.717) is 17.9 Å². The number of aliphatic hydroxyl groups excluding tert-OH is 2. The highest BCUT2D eigenvalue weighted by atomic mass is 31.2. The molecular formula is C29H37FN5O9P. The molecule has 1 saturated heterocycles. The van der Waals surface area contributed by atoms with Crippen molar-refractivity contribution in [1.29, 1.82) is 0 Å². The summed E-state index contributed by atoms with van der Waals surface area (Å²) in [6.45, 7) is -1.05. The molecule has 1 unspecified atom stereocenters. The van der Waals surface area contributed by atoms with Crippen molar-refractivity contribution >= 4 is 31.0 Å². The number of hydrogen-bond acceptors (Lipinski definition) is 10. The van der Waals surface area contributed by atoms with E-state index in [1.807, 2.05) is 0 Å². The van der Waals surface area contributed by atoms with Crippen LogP contribution in [-0.4, -0.2) is 78.9 Å². The summed E-state index contributed by atoms with van der Waals surface area (Å²) in [6, 6.07) is 9.52. The van der Waals surface area contributed by atoms with Crippen LogP contribution in [-0.2, 0) is 23.4 Å². The van der Waals surface area contributed by atoms with Gasteiger partial charge in [-0.05, 0) is 49.9 Å². The summed E-state index contributed by atoms with van der Waals surface area (Å²) >= 11 is 0. The number of hydrogen-bond donors (Lipinski definition) is 5. The number of alkyl halides is 1. The molecule has 2 aromatic heterocycles. The molecule has 0 bridgehead atoms. The zero-order valence-electron chi connectivity index (χ0n) is 24.6. The molecule has 1 amide bonds. The number of carboxylic acid groups (broad SMARTS) is 1. The second kappa shape index (κ2) is 13.9. The van der Waals surface area contributed by atoms with E-state index in [1.165, 1.54) is 42.4 Å². The molecule has 1 saturated carbocycles. The van der Waals surface area contributed by atoms with Gasteiger partial charge in [-0.25, -0.2) is 18.5 Å². The molecule has 14 nitrogen and oxygen atoms in total. The van der Waals surface area contributed by atoms with E-state index < -0.39 is 57.0 Å². The number of para-hydroxylation sites is 1. The standard InChI is InChI=1S/C29H37FN5O9P/c1-18(28(39)40)34-45(41,44-20-10-6-3-7-11-20)42-16-29(15-30)26(38)24(37)25(43-29)21-12-13-22-27(31-17-32-35(21)22)33-23(36)14-19-8-4-2-5-9-19/h3,6-7,10-13,17-19,24-26,37-38H,2,4-5,8-9,14-16H2,1H3,(H,34,41)(H,39,40)(H,31,32,33,36)/t18-,24-,25-,26-,29+,45?/m0/s1. The van der Waals surface area contributed by atoms with Gasteiger partial charge < -0.3 is 29.9 Å². The Labute approximate surface area is 258 Å². The van der Waals surface area contributed by atoms with E-state index in [0.717, 1.165) is 25.7 Å². The molecule has 5 N–H and O–H groups in total. The topological polar surface area (TPSA) is 194 Å². The molecule has 3 aromatic rings. The van der Waals surface area contributed by atoms with Crippen LogP contribution in [0.1, 0.15) is 57.2 Å². The van der Waals surface area contributed by atoms with Gasteiger partial charge in [-0.1, -0.05) is 37.5 Å². The third-order valence-electron chi connectivity index (χ3n) is 8.16. The predicted molar refractivity (Wildman–Crippen MR) is 158 cm³/mol. The summed E-state index contributed by atoms with van der Waals surface area (Å²) in [6.07, 6.45) is 2.11. The molecule has 16 heteroatoms. The molecule has 0 spiro atoms. The van der Waals surface area contributed by atoms with E-state index >= 15 is 0 Å². The summed E-state index contributed by atoms with van der Waals surface area (Å²) in [4.78, 5) is 28.4. The van der Waals surface area contributed by atoms with Gasteiger partial charge in [0.2, 0.25) is 5.91 Å². The van der Waals surface area contributed by atoms with Crippen molar-refractivity contribution in [3.05, 3.63) is 54.5 Å². The van der Waals surface area contributed by atoms with Gasteiger partial charge in [0.05, 0.1) is 12.3 Å². The lowest BCUT2D eigenvalue weighted by Gasteiger charge is -2.31. The monoisotopic (exact) mass is 649 g/mol. The molecule has 244 valence electrons. The number of nitrogens with zero attached hydrogens (tertiary/aromatic N) is 3. The van der Waals surface area contributed by atoms with Crippen LogP contribution in [0.25, 0.3) is 5.52 Å². The maximum atomic E-state index is 14.7. The molecule has 1 aliphatic carbocycles. The Morgan fingerprint density at radius 3 is 2.60 bits per heavy atom. The van der Waals surface area contributed by atoms with Gasteiger partial charge in [0.25, 0.3) is 0 Å². The lowest BCUT2D eigenvalue weighted by molar-refractivity contribution is -0.138. The van der Waals surface area contributed by atoms with E-state index in [-0.39, 0.29) is 23.2 Å². The second-order valence-electron chi connectivity index (χ2n) is 11.5. The zero-order valence-corrected chi connectivity index (χ0v) is 25.5. The van der Waals surface area contributed by atoms with Crippen LogP contribution in [0.15, 0.2) is 48.8 Å². The van der Waals surface area contributed by atoms with Crippen molar-refractivity contribution in [3.63, 3.8) is 0 Å². The van der Waals surface area contributed by atoms with Gasteiger partial charge in [0.1, 0.15) is 54.2 Å². The number of ether oxygens (including phenoxy) is 1. The molecule has 3 heterocycles. The summed E-state index contributed by atoms with van der Waals surface area (Å²) < 4.78 is 46.5. The number of carboxylic acids is 1. The quantitative estimate of drug-likeness (QED) is 0.170. The zero-order chi connectivity index (χ0) is 32.2. The second-order valence-corrected chi connectivity index (χ2v) is 13.2. The molecule has 6 atom stereocenters. The number of nitrogens with one attached hydrogen (secondary N) is 2. The van der Waals surface area contributed by atoms with Gasteiger partial charge in [-0.3, -0.25) is 14.1 Å². The molecule has 1 aromatic carbocycles. The van der Waals surface area contributed by atoms with Crippen LogP contribution in [0, 0.1) is 5.92 Å². The van der Waals surface area contributed by atoms with Crippen LogP contribution in [0.3, 0.4) is 0 Å². The SMILES string of the molecule is C[C@H](NP(=O)(OC[C@@]1(CF)O[C@@H](c2ccc3c(NC(=O)CC4CCCCC4)ncnn23)[C@H](O)[C@@H]1O)Oc1ccccc1)C(=O)O. The molecule has 45 heavy (non-hydrogen) atoms. The number of halogens is 1. The van der Waals surface area contributed by atoms with Gasteiger partial charge in [0.15, 0.2) is 5.82 Å². The normalized spacial score (nSPS) is 25.9. The third-order valence-corrected chi connectivity index (χ3v) is 9.78. The Balaban J connectivity index is 1.34. The van der Waals surface area contributed by atoms with Crippen molar-refractivity contribution in [3.8, 4) is 5.75 Å². The Kier molecular flexibility index (Phi) is 10.2. The minimum atomic E-state index is -4.49. The van der Waals surface area contributed by atoms with Crippen molar-refractivity contribution in [1.82, 2.24) is 19.7 Å². The van der Waals surface area contributed by atoms with Crippen LogP contribution >= 0.6 is 7.75 Å². The highest BCUT2D eigenvalue weighted by molar-refractivity contribution is 7.52. The minimum Gasteiger partial charge on any atom is -0.480 e. The van der Waals surface area contributed by atoms with Crippen molar-refractivity contribution in [2.24, 2.45) is 5.92 Å². The van der Waals surface area contributed by atoms with E-state index in [9.17, 15) is 33.9 Å². The number of aliphatic hydroxyl groups is 2. The largest absolute Gasteiger partial charge is 0.480 e. The first kappa shape index (κ1) is 32.9. The van der Waals surface area contributed by atoms with Crippen molar-refractivity contribution in [2.45, 2.75) is 75.4 Å². The number of carbonyl (C=O) groups is 2. The summed E-state index contributed by atoms with van der Waals surface area (Å²) in [5.74, 6) is -0.904. The van der Waals surface area contributed by atoms with E-state index in [1.54, 1.807) is 24.3 Å². The molecule has 5 rings (SSSR count).